The minimum absolute atomic E-state index is 0.0395. The van der Waals surface area contributed by atoms with Crippen LogP contribution in [0.4, 0.5) is 5.69 Å². The molecule has 0 saturated carbocycles. The molecular formula is C19H19N5O2S. The van der Waals surface area contributed by atoms with E-state index in [0.29, 0.717) is 5.16 Å². The number of phenols is 1. The van der Waals surface area contributed by atoms with Crippen LogP contribution in [0.25, 0.3) is 5.69 Å². The molecule has 0 aliphatic carbocycles. The van der Waals surface area contributed by atoms with Gasteiger partial charge >= 0.3 is 0 Å². The highest BCUT2D eigenvalue weighted by molar-refractivity contribution is 8.00. The van der Waals surface area contributed by atoms with Gasteiger partial charge < -0.3 is 10.0 Å². The van der Waals surface area contributed by atoms with Crippen molar-refractivity contribution in [1.82, 2.24) is 20.2 Å². The Morgan fingerprint density at radius 3 is 2.74 bits per heavy atom. The number of aromatic nitrogens is 4. The summed E-state index contributed by atoms with van der Waals surface area (Å²) in [4.78, 5) is 15.0. The number of rotatable bonds is 4. The average molecular weight is 381 g/mol. The summed E-state index contributed by atoms with van der Waals surface area (Å²) in [5, 5.41) is 21.4. The van der Waals surface area contributed by atoms with Gasteiger partial charge in [-0.05, 0) is 66.6 Å². The zero-order valence-electron chi connectivity index (χ0n) is 15.0. The van der Waals surface area contributed by atoms with Gasteiger partial charge in [0, 0.05) is 11.7 Å². The Hall–Kier alpha value is -2.87. The third kappa shape index (κ3) is 3.28. The van der Waals surface area contributed by atoms with Crippen LogP contribution in [-0.2, 0) is 11.2 Å². The molecule has 0 bridgehead atoms. The Morgan fingerprint density at radius 2 is 1.96 bits per heavy atom. The van der Waals surface area contributed by atoms with E-state index in [1.165, 1.54) is 17.3 Å². The molecule has 1 aliphatic heterocycles. The number of para-hydroxylation sites is 1. The summed E-state index contributed by atoms with van der Waals surface area (Å²) >= 11 is 1.32. The number of aromatic hydroxyl groups is 1. The first-order valence-corrected chi connectivity index (χ1v) is 9.58. The molecule has 1 aromatic heterocycles. The van der Waals surface area contributed by atoms with Crippen molar-refractivity contribution in [3.63, 3.8) is 0 Å². The number of benzene rings is 2. The summed E-state index contributed by atoms with van der Waals surface area (Å²) in [7, 11) is 0. The molecule has 2 heterocycles. The molecule has 27 heavy (non-hydrogen) atoms. The number of fused-ring (bicyclic) bond motifs is 1. The molecule has 0 saturated heterocycles. The number of hydrogen-bond donors (Lipinski definition) is 1. The predicted molar refractivity (Wildman–Crippen MR) is 103 cm³/mol. The summed E-state index contributed by atoms with van der Waals surface area (Å²) in [5.74, 6) is 0.212. The monoisotopic (exact) mass is 381 g/mol. The second-order valence-corrected chi connectivity index (χ2v) is 7.85. The van der Waals surface area contributed by atoms with Gasteiger partial charge in [-0.3, -0.25) is 4.79 Å². The summed E-state index contributed by atoms with van der Waals surface area (Å²) in [5.41, 5.74) is 2.91. The van der Waals surface area contributed by atoms with Crippen LogP contribution < -0.4 is 4.90 Å². The number of tetrazole rings is 1. The fourth-order valence-electron chi connectivity index (χ4n) is 3.31. The lowest BCUT2D eigenvalue weighted by Crippen LogP contribution is -2.40. The number of carbonyl (C=O) groups excluding carboxylic acids is 1. The third-order valence-corrected chi connectivity index (χ3v) is 5.63. The molecule has 0 radical (unpaired) electrons. The highest BCUT2D eigenvalue weighted by atomic mass is 32.2. The topological polar surface area (TPSA) is 84.1 Å². The number of nitrogens with zero attached hydrogens (tertiary/aromatic N) is 5. The van der Waals surface area contributed by atoms with E-state index in [9.17, 15) is 9.90 Å². The molecule has 0 unspecified atom stereocenters. The van der Waals surface area contributed by atoms with E-state index in [0.717, 1.165) is 17.8 Å². The lowest BCUT2D eigenvalue weighted by Gasteiger charge is -2.25. The quantitative estimate of drug-likeness (QED) is 0.700. The van der Waals surface area contributed by atoms with Crippen LogP contribution in [0, 0.1) is 0 Å². The van der Waals surface area contributed by atoms with Crippen molar-refractivity contribution in [3.05, 3.63) is 54.1 Å². The first-order valence-electron chi connectivity index (χ1n) is 8.70. The van der Waals surface area contributed by atoms with Gasteiger partial charge in [0.15, 0.2) is 0 Å². The summed E-state index contributed by atoms with van der Waals surface area (Å²) in [6.45, 7) is 3.94. The molecule has 0 fully saturated rings. The Morgan fingerprint density at radius 1 is 1.22 bits per heavy atom. The minimum atomic E-state index is -0.347. The van der Waals surface area contributed by atoms with E-state index in [-0.39, 0.29) is 22.9 Å². The molecule has 1 aliphatic rings. The molecule has 4 rings (SSSR count). The zero-order chi connectivity index (χ0) is 19.0. The van der Waals surface area contributed by atoms with Crippen molar-refractivity contribution in [3.8, 4) is 11.4 Å². The van der Waals surface area contributed by atoms with Gasteiger partial charge in [0.05, 0.1) is 10.9 Å². The van der Waals surface area contributed by atoms with E-state index in [2.05, 4.69) is 28.5 Å². The van der Waals surface area contributed by atoms with Gasteiger partial charge in [-0.25, -0.2) is 0 Å². The Kier molecular flexibility index (Phi) is 4.57. The smallest absolute Gasteiger partial charge is 0.240 e. The first-order chi connectivity index (χ1) is 13.0. The SMILES string of the molecule is C[C@H](Sc1nnnn1-c1ccc(O)cc1)C(=O)N1c2ccccc2C[C@@H]1C. The largest absolute Gasteiger partial charge is 0.508 e. The molecular weight excluding hydrogens is 362 g/mol. The summed E-state index contributed by atoms with van der Waals surface area (Å²) in [6, 6.07) is 14.8. The van der Waals surface area contributed by atoms with Crippen molar-refractivity contribution in [2.45, 2.75) is 36.7 Å². The lowest BCUT2D eigenvalue weighted by molar-refractivity contribution is -0.118. The normalized spacial score (nSPS) is 17.0. The van der Waals surface area contributed by atoms with Crippen molar-refractivity contribution >= 4 is 23.4 Å². The fraction of sp³-hybridized carbons (Fsp3) is 0.263. The molecule has 7 nitrogen and oxygen atoms in total. The van der Waals surface area contributed by atoms with Crippen LogP contribution >= 0.6 is 11.8 Å². The molecule has 138 valence electrons. The number of anilines is 1. The van der Waals surface area contributed by atoms with E-state index >= 15 is 0 Å². The first kappa shape index (κ1) is 17.5. The number of phenolic OH excluding ortho intramolecular Hbond substituents is 1. The minimum Gasteiger partial charge on any atom is -0.508 e. The van der Waals surface area contributed by atoms with Crippen molar-refractivity contribution in [2.24, 2.45) is 0 Å². The second-order valence-electron chi connectivity index (χ2n) is 6.54. The van der Waals surface area contributed by atoms with Crippen molar-refractivity contribution < 1.29 is 9.90 Å². The Bertz CT molecular complexity index is 972. The van der Waals surface area contributed by atoms with Crippen molar-refractivity contribution in [1.29, 1.82) is 0 Å². The van der Waals surface area contributed by atoms with Crippen LogP contribution in [0.15, 0.2) is 53.7 Å². The molecule has 2 aromatic carbocycles. The molecule has 1 N–H and O–H groups in total. The van der Waals surface area contributed by atoms with Gasteiger partial charge in [0.2, 0.25) is 11.1 Å². The number of hydrogen-bond acceptors (Lipinski definition) is 6. The highest BCUT2D eigenvalue weighted by Gasteiger charge is 2.34. The fourth-order valence-corrected chi connectivity index (χ4v) is 4.17. The van der Waals surface area contributed by atoms with E-state index in [1.54, 1.807) is 28.9 Å². The van der Waals surface area contributed by atoms with Crippen LogP contribution in [0.5, 0.6) is 5.75 Å². The van der Waals surface area contributed by atoms with Gasteiger partial charge in [-0.2, -0.15) is 4.68 Å². The second kappa shape index (κ2) is 7.03. The average Bonchev–Trinajstić information content (AvgIpc) is 3.25. The van der Waals surface area contributed by atoms with Gasteiger partial charge in [0.25, 0.3) is 0 Å². The van der Waals surface area contributed by atoms with Gasteiger partial charge in [0.1, 0.15) is 5.75 Å². The highest BCUT2D eigenvalue weighted by Crippen LogP contribution is 2.34. The van der Waals surface area contributed by atoms with Gasteiger partial charge in [-0.1, -0.05) is 30.0 Å². The number of amides is 1. The van der Waals surface area contributed by atoms with Gasteiger partial charge in [-0.15, -0.1) is 5.10 Å². The Labute approximate surface area is 161 Å². The third-order valence-electron chi connectivity index (χ3n) is 4.61. The van der Waals surface area contributed by atoms with E-state index in [4.69, 9.17) is 0 Å². The van der Waals surface area contributed by atoms with Crippen LogP contribution in [0.2, 0.25) is 0 Å². The summed E-state index contributed by atoms with van der Waals surface area (Å²) in [6.07, 6.45) is 0.866. The maximum absolute atomic E-state index is 13.1. The Balaban J connectivity index is 1.55. The van der Waals surface area contributed by atoms with Crippen LogP contribution in [-0.4, -0.2) is 42.5 Å². The van der Waals surface area contributed by atoms with E-state index in [1.807, 2.05) is 30.0 Å². The maximum atomic E-state index is 13.1. The molecule has 3 aromatic rings. The molecule has 2 atom stereocenters. The zero-order valence-corrected chi connectivity index (χ0v) is 15.8. The molecule has 1 amide bonds. The number of carbonyl (C=O) groups is 1. The van der Waals surface area contributed by atoms with Crippen LogP contribution in [0.3, 0.4) is 0 Å². The lowest BCUT2D eigenvalue weighted by atomic mass is 10.1. The van der Waals surface area contributed by atoms with Crippen molar-refractivity contribution in [2.75, 3.05) is 4.90 Å². The standard InChI is InChI=1S/C19H19N5O2S/c1-12-11-14-5-3-4-6-17(14)23(12)18(26)13(2)27-19-20-21-22-24(19)15-7-9-16(25)10-8-15/h3-10,12-13,25H,11H2,1-2H3/t12-,13-/m0/s1. The van der Waals surface area contributed by atoms with Crippen LogP contribution in [0.1, 0.15) is 19.4 Å². The molecule has 0 spiro atoms. The maximum Gasteiger partial charge on any atom is 0.240 e. The summed E-state index contributed by atoms with van der Waals surface area (Å²) < 4.78 is 1.56. The molecule has 8 heteroatoms. The van der Waals surface area contributed by atoms with E-state index < -0.39 is 0 Å². The number of thioether (sulfide) groups is 1. The predicted octanol–water partition coefficient (Wildman–Crippen LogP) is 2.83.